The van der Waals surface area contributed by atoms with Crippen molar-refractivity contribution >= 4 is 9.05 Å². The van der Waals surface area contributed by atoms with Crippen molar-refractivity contribution in [2.45, 2.75) is 20.8 Å². The molecule has 0 atom stereocenters. The van der Waals surface area contributed by atoms with Crippen molar-refractivity contribution in [3.05, 3.63) is 0 Å². The minimum atomic E-state index is -2.91. The monoisotopic (exact) mass is 238 g/mol. The van der Waals surface area contributed by atoms with Crippen LogP contribution in [0.5, 0.6) is 0 Å². The lowest BCUT2D eigenvalue weighted by Gasteiger charge is -2.26. The fraction of sp³-hybridized carbons (Fsp3) is 1.00. The zero-order valence-corrected chi connectivity index (χ0v) is 11.1. The van der Waals surface area contributed by atoms with Crippen LogP contribution in [0.3, 0.4) is 0 Å². The Morgan fingerprint density at radius 2 is 1.20 bits per heavy atom. The number of ether oxygens (including phenoxy) is 1. The van der Waals surface area contributed by atoms with Gasteiger partial charge in [0.2, 0.25) is 0 Å². The summed E-state index contributed by atoms with van der Waals surface area (Å²) in [6.07, 6.45) is 0. The summed E-state index contributed by atoms with van der Waals surface area (Å²) in [6, 6.07) is 0. The van der Waals surface area contributed by atoms with Gasteiger partial charge in [-0.05, 0) is 20.8 Å². The molecule has 0 aliphatic carbocycles. The topological polar surface area (TPSA) is 46.2 Å². The maximum atomic E-state index is 5.54. The Balaban J connectivity index is 4.18. The third-order valence-electron chi connectivity index (χ3n) is 1.53. The van der Waals surface area contributed by atoms with Crippen molar-refractivity contribution in [3.8, 4) is 0 Å². The highest BCUT2D eigenvalue weighted by Crippen LogP contribution is 2.11. The summed E-state index contributed by atoms with van der Waals surface area (Å²) in [5, 5.41) is 0. The first-order valence-corrected chi connectivity index (χ1v) is 6.92. The average molecular weight is 238 g/mol. The van der Waals surface area contributed by atoms with Crippen LogP contribution in [0.2, 0.25) is 0 Å². The number of methoxy groups -OCH3 is 1. The van der Waals surface area contributed by atoms with Gasteiger partial charge in [0.25, 0.3) is 0 Å². The van der Waals surface area contributed by atoms with Crippen molar-refractivity contribution < 1.29 is 22.4 Å². The van der Waals surface area contributed by atoms with Crippen LogP contribution in [0.15, 0.2) is 0 Å². The summed E-state index contributed by atoms with van der Waals surface area (Å²) in [6.45, 7) is 8.13. The van der Waals surface area contributed by atoms with E-state index < -0.39 is 9.05 Å². The second-order valence-corrected chi connectivity index (χ2v) is 4.79. The van der Waals surface area contributed by atoms with E-state index in [-0.39, 0.29) is 0 Å². The van der Waals surface area contributed by atoms with E-state index in [1.165, 1.54) is 0 Å². The Morgan fingerprint density at radius 3 is 1.53 bits per heavy atom. The first kappa shape index (κ1) is 15.0. The smallest absolute Gasteiger partial charge is 0.382 e. The fourth-order valence-electron chi connectivity index (χ4n) is 1.03. The van der Waals surface area contributed by atoms with Crippen LogP contribution in [0.4, 0.5) is 0 Å². The van der Waals surface area contributed by atoms with Crippen LogP contribution in [0.25, 0.3) is 0 Å². The van der Waals surface area contributed by atoms with E-state index in [2.05, 4.69) is 0 Å². The molecular formula is C9H22O5Si. The van der Waals surface area contributed by atoms with Crippen molar-refractivity contribution in [1.29, 1.82) is 0 Å². The molecule has 0 aliphatic heterocycles. The normalized spacial score (nSPS) is 12.0. The third kappa shape index (κ3) is 6.24. The molecule has 0 aromatic rings. The highest BCUT2D eigenvalue weighted by molar-refractivity contribution is 6.53. The van der Waals surface area contributed by atoms with Gasteiger partial charge < -0.3 is 22.4 Å². The van der Waals surface area contributed by atoms with Crippen LogP contribution in [0, 0.1) is 0 Å². The van der Waals surface area contributed by atoms with E-state index in [0.717, 1.165) is 0 Å². The van der Waals surface area contributed by atoms with Crippen molar-refractivity contribution in [2.75, 3.05) is 40.1 Å². The van der Waals surface area contributed by atoms with E-state index in [1.807, 2.05) is 20.8 Å². The summed E-state index contributed by atoms with van der Waals surface area (Å²) < 4.78 is 26.9. The molecule has 15 heavy (non-hydrogen) atoms. The highest BCUT2D eigenvalue weighted by Gasteiger charge is 2.44. The molecule has 0 heterocycles. The molecule has 5 nitrogen and oxygen atoms in total. The molecule has 0 fully saturated rings. The van der Waals surface area contributed by atoms with E-state index in [1.54, 1.807) is 7.11 Å². The summed E-state index contributed by atoms with van der Waals surface area (Å²) >= 11 is 0. The predicted molar refractivity (Wildman–Crippen MR) is 58.5 cm³/mol. The van der Waals surface area contributed by atoms with Crippen LogP contribution in [0.1, 0.15) is 20.8 Å². The minimum absolute atomic E-state index is 0.419. The van der Waals surface area contributed by atoms with E-state index in [4.69, 9.17) is 22.4 Å². The first-order valence-electron chi connectivity index (χ1n) is 5.29. The minimum Gasteiger partial charge on any atom is -0.382 e. The fourth-order valence-corrected chi connectivity index (χ4v) is 2.92. The van der Waals surface area contributed by atoms with Gasteiger partial charge in [-0.15, -0.1) is 0 Å². The van der Waals surface area contributed by atoms with Gasteiger partial charge in [0.15, 0.2) is 0 Å². The average Bonchev–Trinajstić information content (AvgIpc) is 2.19. The molecular weight excluding hydrogens is 216 g/mol. The number of hydrogen-bond donors (Lipinski definition) is 0. The largest absolute Gasteiger partial charge is 0.679 e. The molecule has 92 valence electrons. The maximum absolute atomic E-state index is 5.54. The van der Waals surface area contributed by atoms with E-state index in [9.17, 15) is 0 Å². The second-order valence-electron chi connectivity index (χ2n) is 2.64. The standard InChI is InChI=1S/C9H22O5Si/c1-5-11-15(12-6-2,13-7-3)14-9-8-10-4/h5-9H2,1-4H3. The van der Waals surface area contributed by atoms with E-state index >= 15 is 0 Å². The molecule has 0 spiro atoms. The van der Waals surface area contributed by atoms with Crippen LogP contribution < -0.4 is 0 Å². The van der Waals surface area contributed by atoms with Gasteiger partial charge in [0.1, 0.15) is 0 Å². The summed E-state index contributed by atoms with van der Waals surface area (Å²) in [4.78, 5) is 0. The van der Waals surface area contributed by atoms with Gasteiger partial charge in [-0.3, -0.25) is 0 Å². The molecule has 6 heteroatoms. The molecule has 0 saturated carbocycles. The lowest BCUT2D eigenvalue weighted by atomic mass is 10.8. The molecule has 0 radical (unpaired) electrons. The maximum Gasteiger partial charge on any atom is 0.679 e. The predicted octanol–water partition coefficient (Wildman–Crippen LogP) is 1.19. The van der Waals surface area contributed by atoms with Crippen molar-refractivity contribution in [3.63, 3.8) is 0 Å². The van der Waals surface area contributed by atoms with E-state index in [0.29, 0.717) is 33.0 Å². The zero-order chi connectivity index (χ0) is 11.6. The van der Waals surface area contributed by atoms with Crippen molar-refractivity contribution in [2.24, 2.45) is 0 Å². The molecule has 0 unspecified atom stereocenters. The van der Waals surface area contributed by atoms with Gasteiger partial charge in [0.05, 0.1) is 13.2 Å². The second kappa shape index (κ2) is 9.26. The Bertz CT molecular complexity index is 127. The molecule has 0 N–H and O–H groups in total. The Hall–Kier alpha value is 0.0169. The lowest BCUT2D eigenvalue weighted by molar-refractivity contribution is -0.0360. The first-order chi connectivity index (χ1) is 7.24. The number of hydrogen-bond acceptors (Lipinski definition) is 5. The molecule has 0 aromatic carbocycles. The highest BCUT2D eigenvalue weighted by atomic mass is 28.4. The molecule has 0 saturated heterocycles. The molecule has 0 aromatic heterocycles. The Labute approximate surface area is 93.1 Å². The third-order valence-corrected chi connectivity index (χ3v) is 4.01. The van der Waals surface area contributed by atoms with Crippen molar-refractivity contribution in [1.82, 2.24) is 0 Å². The Morgan fingerprint density at radius 1 is 0.733 bits per heavy atom. The lowest BCUT2D eigenvalue weighted by Crippen LogP contribution is -2.49. The van der Waals surface area contributed by atoms with Crippen LogP contribution in [-0.4, -0.2) is 49.2 Å². The molecule has 0 amide bonds. The van der Waals surface area contributed by atoms with Gasteiger partial charge in [-0.25, -0.2) is 0 Å². The van der Waals surface area contributed by atoms with Crippen LogP contribution in [-0.2, 0) is 22.4 Å². The Kier molecular flexibility index (Phi) is 9.27. The number of rotatable bonds is 10. The van der Waals surface area contributed by atoms with Gasteiger partial charge in [-0.2, -0.15) is 0 Å². The summed E-state index contributed by atoms with van der Waals surface area (Å²) in [5.74, 6) is 0. The molecule has 0 rings (SSSR count). The quantitative estimate of drug-likeness (QED) is 0.423. The SMILES string of the molecule is CCO[Si](OCC)(OCC)OCCOC. The van der Waals surface area contributed by atoms with Crippen LogP contribution >= 0.6 is 0 Å². The summed E-state index contributed by atoms with van der Waals surface area (Å²) in [7, 11) is -1.29. The van der Waals surface area contributed by atoms with Gasteiger partial charge in [0, 0.05) is 26.9 Å². The van der Waals surface area contributed by atoms with Gasteiger partial charge in [-0.1, -0.05) is 0 Å². The molecule has 0 bridgehead atoms. The van der Waals surface area contributed by atoms with Gasteiger partial charge >= 0.3 is 9.05 Å². The summed E-state index contributed by atoms with van der Waals surface area (Å²) in [5.41, 5.74) is 0. The zero-order valence-electron chi connectivity index (χ0n) is 10.1. The molecule has 0 aliphatic rings.